The number of nitrogens with one attached hydrogen (secondary N) is 2. The Bertz CT molecular complexity index is 1460. The van der Waals surface area contributed by atoms with Crippen molar-refractivity contribution in [3.63, 3.8) is 0 Å². The Morgan fingerprint density at radius 3 is 2.82 bits per heavy atom. The molecule has 0 bridgehead atoms. The molecule has 10 nitrogen and oxygen atoms in total. The zero-order valence-electron chi connectivity index (χ0n) is 22.3. The third-order valence-corrected chi connectivity index (χ3v) is 7.71. The van der Waals surface area contributed by atoms with Crippen LogP contribution in [0.2, 0.25) is 5.15 Å². The molecule has 1 atom stereocenters. The van der Waals surface area contributed by atoms with Gasteiger partial charge in [-0.3, -0.25) is 14.6 Å². The smallest absolute Gasteiger partial charge is 0.253 e. The van der Waals surface area contributed by atoms with E-state index in [1.54, 1.807) is 31.5 Å². The fraction of sp³-hybridized carbons (Fsp3) is 0.393. The van der Waals surface area contributed by atoms with E-state index in [2.05, 4.69) is 30.2 Å². The molecule has 204 valence electrons. The highest BCUT2D eigenvalue weighted by molar-refractivity contribution is 6.38. The van der Waals surface area contributed by atoms with Crippen molar-refractivity contribution in [3.8, 4) is 5.75 Å². The molecule has 4 N–H and O–H groups in total. The number of aryl methyl sites for hydroxylation is 1. The number of fused-ring (bicyclic) bond motifs is 1. The summed E-state index contributed by atoms with van der Waals surface area (Å²) in [7, 11) is 1.58. The fourth-order valence-electron chi connectivity index (χ4n) is 5.46. The zero-order valence-corrected chi connectivity index (χ0v) is 23.1. The number of carbonyl (C=O) groups excluding carboxylic acids is 2. The molecular weight excluding hydrogens is 518 g/mol. The van der Waals surface area contributed by atoms with Gasteiger partial charge in [-0.1, -0.05) is 11.6 Å². The maximum absolute atomic E-state index is 13.8. The molecule has 0 saturated carbocycles. The Balaban J connectivity index is 1.45. The molecule has 0 aromatic carbocycles. The number of aromatic nitrogens is 4. The van der Waals surface area contributed by atoms with Crippen molar-refractivity contribution in [1.82, 2.24) is 30.2 Å². The SMILES string of the molecule is COc1ccnc(CC2C(=O)/C(=C\c3[nH]c(C)c(C(=O)NCCN4CCCC4)c3C)c3c(Cl)nc(N)nc32)c1. The van der Waals surface area contributed by atoms with E-state index < -0.39 is 5.92 Å². The average Bonchev–Trinajstić information content (AvgIpc) is 3.58. The van der Waals surface area contributed by atoms with Crippen molar-refractivity contribution in [1.29, 1.82) is 0 Å². The Hall–Kier alpha value is -3.76. The van der Waals surface area contributed by atoms with E-state index in [1.807, 2.05) is 13.8 Å². The molecule has 5 rings (SSSR count). The number of ether oxygens (including phenoxy) is 1. The van der Waals surface area contributed by atoms with Crippen molar-refractivity contribution in [2.45, 2.75) is 39.0 Å². The summed E-state index contributed by atoms with van der Waals surface area (Å²) in [6.07, 6.45) is 6.08. The predicted octanol–water partition coefficient (Wildman–Crippen LogP) is 3.34. The van der Waals surface area contributed by atoms with Gasteiger partial charge in [0.15, 0.2) is 5.78 Å². The van der Waals surface area contributed by atoms with Gasteiger partial charge in [-0.15, -0.1) is 0 Å². The van der Waals surface area contributed by atoms with Crippen LogP contribution in [-0.4, -0.2) is 69.8 Å². The number of H-pyrrole nitrogens is 1. The first-order chi connectivity index (χ1) is 18.8. The number of ketones is 1. The number of hydrogen-bond donors (Lipinski definition) is 3. The third-order valence-electron chi connectivity index (χ3n) is 7.43. The summed E-state index contributed by atoms with van der Waals surface area (Å²) in [5.74, 6) is -0.306. The summed E-state index contributed by atoms with van der Waals surface area (Å²) in [5.41, 5.74) is 10.6. The number of halogens is 1. The average molecular weight is 550 g/mol. The Labute approximate surface area is 232 Å². The standard InChI is InChI=1S/C28H32ClN7O3/c1-15-21(33-16(2)22(15)27(38)32-8-11-36-9-4-5-10-36)14-19-23-24(34-28(30)35-26(23)29)20(25(19)37)13-17-12-18(39-3)6-7-31-17/h6-7,12,14,20,33H,4-5,8-11,13H2,1-3H3,(H,32,38)(H2,30,34,35)/b19-14-. The summed E-state index contributed by atoms with van der Waals surface area (Å²) in [5, 5.41) is 3.15. The number of allylic oxidation sites excluding steroid dienone is 1. The molecule has 39 heavy (non-hydrogen) atoms. The molecule has 2 aliphatic rings. The Kier molecular flexibility index (Phi) is 7.67. The number of anilines is 1. The summed E-state index contributed by atoms with van der Waals surface area (Å²) in [6.45, 7) is 7.30. The number of nitrogen functional groups attached to an aromatic ring is 1. The van der Waals surface area contributed by atoms with E-state index in [0.717, 1.165) is 30.9 Å². The number of likely N-dealkylation sites (tertiary alicyclic amines) is 1. The first kappa shape index (κ1) is 26.8. The van der Waals surface area contributed by atoms with E-state index in [1.165, 1.54) is 12.8 Å². The van der Waals surface area contributed by atoms with Gasteiger partial charge < -0.3 is 25.7 Å². The lowest BCUT2D eigenvalue weighted by Crippen LogP contribution is -2.33. The Morgan fingerprint density at radius 1 is 1.31 bits per heavy atom. The molecule has 0 radical (unpaired) electrons. The summed E-state index contributed by atoms with van der Waals surface area (Å²) >= 11 is 6.52. The summed E-state index contributed by atoms with van der Waals surface area (Å²) in [6, 6.07) is 3.53. The van der Waals surface area contributed by atoms with E-state index in [9.17, 15) is 9.59 Å². The number of nitrogens with zero attached hydrogens (tertiary/aromatic N) is 4. The quantitative estimate of drug-likeness (QED) is 0.287. The number of amides is 1. The highest BCUT2D eigenvalue weighted by Gasteiger charge is 2.39. The first-order valence-corrected chi connectivity index (χ1v) is 13.4. The normalized spacial score (nSPS) is 18.1. The molecule has 11 heteroatoms. The van der Waals surface area contributed by atoms with Crippen molar-refractivity contribution < 1.29 is 14.3 Å². The minimum atomic E-state index is -0.640. The van der Waals surface area contributed by atoms with Crippen LogP contribution in [0.3, 0.4) is 0 Å². The van der Waals surface area contributed by atoms with Gasteiger partial charge >= 0.3 is 0 Å². The molecule has 4 heterocycles. The van der Waals surface area contributed by atoms with Gasteiger partial charge in [0.2, 0.25) is 5.95 Å². The van der Waals surface area contributed by atoms with Crippen LogP contribution in [0.15, 0.2) is 18.3 Å². The van der Waals surface area contributed by atoms with Gasteiger partial charge in [0.25, 0.3) is 5.91 Å². The monoisotopic (exact) mass is 549 g/mol. The number of pyridine rings is 1. The highest BCUT2D eigenvalue weighted by Crippen LogP contribution is 2.43. The molecule has 1 aliphatic carbocycles. The van der Waals surface area contributed by atoms with Crippen LogP contribution in [0.5, 0.6) is 5.75 Å². The van der Waals surface area contributed by atoms with E-state index in [-0.39, 0.29) is 22.8 Å². The van der Waals surface area contributed by atoms with Gasteiger partial charge in [0.05, 0.1) is 24.3 Å². The number of Topliss-reactive ketones (excluding diaryl/α,β-unsaturated/α-hetero) is 1. The van der Waals surface area contributed by atoms with Crippen LogP contribution < -0.4 is 15.8 Å². The van der Waals surface area contributed by atoms with Crippen LogP contribution in [0.1, 0.15) is 63.0 Å². The summed E-state index contributed by atoms with van der Waals surface area (Å²) in [4.78, 5) is 45.4. The molecule has 0 spiro atoms. The first-order valence-electron chi connectivity index (χ1n) is 13.0. The Morgan fingerprint density at radius 2 is 2.08 bits per heavy atom. The summed E-state index contributed by atoms with van der Waals surface area (Å²) < 4.78 is 5.31. The van der Waals surface area contributed by atoms with Crippen LogP contribution in [0.25, 0.3) is 11.6 Å². The molecule has 1 amide bonds. The largest absolute Gasteiger partial charge is 0.497 e. The van der Waals surface area contributed by atoms with Gasteiger partial charge in [0.1, 0.15) is 10.9 Å². The fourth-order valence-corrected chi connectivity index (χ4v) is 5.75. The van der Waals surface area contributed by atoms with Gasteiger partial charge in [-0.25, -0.2) is 9.97 Å². The topological polar surface area (TPSA) is 139 Å². The van der Waals surface area contributed by atoms with Crippen molar-refractivity contribution in [2.24, 2.45) is 0 Å². The van der Waals surface area contributed by atoms with Gasteiger partial charge in [-0.2, -0.15) is 0 Å². The van der Waals surface area contributed by atoms with Crippen LogP contribution in [0.4, 0.5) is 5.95 Å². The maximum atomic E-state index is 13.8. The van der Waals surface area contributed by atoms with E-state index >= 15 is 0 Å². The lowest BCUT2D eigenvalue weighted by molar-refractivity contribution is -0.114. The second kappa shape index (κ2) is 11.2. The number of hydrogen-bond acceptors (Lipinski definition) is 8. The number of nitrogens with two attached hydrogens (primary N) is 1. The van der Waals surface area contributed by atoms with Crippen molar-refractivity contribution >= 4 is 40.9 Å². The number of methoxy groups -OCH3 is 1. The van der Waals surface area contributed by atoms with Crippen molar-refractivity contribution in [3.05, 3.63) is 62.9 Å². The number of carbonyl (C=O) groups is 2. The molecule has 1 aliphatic heterocycles. The van der Waals surface area contributed by atoms with Gasteiger partial charge in [0, 0.05) is 60.0 Å². The minimum absolute atomic E-state index is 0.00353. The molecule has 1 saturated heterocycles. The number of rotatable bonds is 8. The van der Waals surface area contributed by atoms with Crippen LogP contribution >= 0.6 is 11.6 Å². The van der Waals surface area contributed by atoms with E-state index in [4.69, 9.17) is 22.1 Å². The van der Waals surface area contributed by atoms with Crippen LogP contribution in [0, 0.1) is 13.8 Å². The molecule has 3 aromatic heterocycles. The molecule has 1 unspecified atom stereocenters. The number of aromatic amines is 1. The molecule has 1 fully saturated rings. The molecular formula is C28H32ClN7O3. The molecule has 3 aromatic rings. The van der Waals surface area contributed by atoms with Crippen LogP contribution in [-0.2, 0) is 11.2 Å². The minimum Gasteiger partial charge on any atom is -0.497 e. The second-order valence-electron chi connectivity index (χ2n) is 9.97. The van der Waals surface area contributed by atoms with E-state index in [0.29, 0.717) is 52.5 Å². The highest BCUT2D eigenvalue weighted by atomic mass is 35.5. The maximum Gasteiger partial charge on any atom is 0.253 e. The lowest BCUT2D eigenvalue weighted by atomic mass is 9.97. The third kappa shape index (κ3) is 5.39. The second-order valence-corrected chi connectivity index (χ2v) is 10.3. The van der Waals surface area contributed by atoms with Gasteiger partial charge in [-0.05, 0) is 57.5 Å². The lowest BCUT2D eigenvalue weighted by Gasteiger charge is -2.14. The zero-order chi connectivity index (χ0) is 27.7. The predicted molar refractivity (Wildman–Crippen MR) is 150 cm³/mol. The van der Waals surface area contributed by atoms with Crippen molar-refractivity contribution in [2.75, 3.05) is 39.0 Å².